The monoisotopic (exact) mass is 476 g/mol. The van der Waals surface area contributed by atoms with Crippen molar-refractivity contribution in [2.45, 2.75) is 68.5 Å². The number of unbranched alkanes of at least 4 members (excludes halogenated alkanes) is 3. The summed E-state index contributed by atoms with van der Waals surface area (Å²) in [5.41, 5.74) is 0. The van der Waals surface area contributed by atoms with Crippen molar-refractivity contribution in [1.29, 1.82) is 0 Å². The average Bonchev–Trinajstić information content (AvgIpc) is 3.09. The van der Waals surface area contributed by atoms with E-state index in [1.165, 1.54) is 18.9 Å². The van der Waals surface area contributed by atoms with Crippen LogP contribution in [0.5, 0.6) is 5.75 Å². The molecule has 33 heavy (non-hydrogen) atoms. The zero-order chi connectivity index (χ0) is 23.6. The molecular weight excluding hydrogens is 440 g/mol. The van der Waals surface area contributed by atoms with Gasteiger partial charge in [0.2, 0.25) is 0 Å². The third-order valence-corrected chi connectivity index (χ3v) is 7.94. The van der Waals surface area contributed by atoms with Crippen molar-refractivity contribution >= 4 is 28.5 Å². The highest BCUT2D eigenvalue weighted by Crippen LogP contribution is 2.39. The Balaban J connectivity index is 1.39. The molecule has 0 amide bonds. The Kier molecular flexibility index (Phi) is 10.3. The summed E-state index contributed by atoms with van der Waals surface area (Å²) in [6.45, 7) is 0.182. The number of thioether (sulfide) groups is 1. The molecule has 1 saturated carbocycles. The van der Waals surface area contributed by atoms with Crippen LogP contribution in [0, 0.1) is 5.92 Å². The van der Waals surface area contributed by atoms with Gasteiger partial charge in [0.05, 0.1) is 25.4 Å². The second-order valence-corrected chi connectivity index (χ2v) is 10.0. The molecule has 3 rings (SSSR count). The second kappa shape index (κ2) is 13.2. The van der Waals surface area contributed by atoms with Crippen molar-refractivity contribution in [3.05, 3.63) is 42.5 Å². The molecule has 182 valence electrons. The summed E-state index contributed by atoms with van der Waals surface area (Å²) in [7, 11) is 1.40. The van der Waals surface area contributed by atoms with Gasteiger partial charge in [-0.2, -0.15) is 11.8 Å². The lowest BCUT2D eigenvalue weighted by atomic mass is 9.97. The van der Waals surface area contributed by atoms with Gasteiger partial charge in [-0.15, -0.1) is 0 Å². The van der Waals surface area contributed by atoms with Gasteiger partial charge in [0.25, 0.3) is 0 Å². The summed E-state index contributed by atoms with van der Waals surface area (Å²) in [5, 5.41) is 33.4. The number of carbonyl (C=O) groups is 1. The molecule has 6 nitrogen and oxygen atoms in total. The van der Waals surface area contributed by atoms with Crippen LogP contribution in [0.1, 0.15) is 44.9 Å². The van der Waals surface area contributed by atoms with Crippen molar-refractivity contribution in [1.82, 2.24) is 0 Å². The number of esters is 1. The fraction of sp³-hybridized carbons (Fsp3) is 0.577. The molecule has 0 heterocycles. The minimum Gasteiger partial charge on any atom is -0.491 e. The molecule has 5 unspecified atom stereocenters. The van der Waals surface area contributed by atoms with Gasteiger partial charge in [-0.3, -0.25) is 4.79 Å². The topological polar surface area (TPSA) is 96.2 Å². The van der Waals surface area contributed by atoms with E-state index in [-0.39, 0.29) is 23.7 Å². The van der Waals surface area contributed by atoms with Crippen LogP contribution in [0.2, 0.25) is 0 Å². The molecule has 0 saturated heterocycles. The number of fused-ring (bicyclic) bond motifs is 1. The van der Waals surface area contributed by atoms with Crippen molar-refractivity contribution in [3.63, 3.8) is 0 Å². The number of carbonyl (C=O) groups excluding carboxylic acids is 1. The van der Waals surface area contributed by atoms with E-state index in [1.807, 2.05) is 42.5 Å². The highest BCUT2D eigenvalue weighted by atomic mass is 32.2. The van der Waals surface area contributed by atoms with Gasteiger partial charge in [0.1, 0.15) is 12.4 Å². The standard InChI is InChI=1S/C26H36O6S/c1-31-25(30)11-5-3-2-4-10-22-23(28)15-24(29)26(22)33-17-20(27)16-32-21-13-12-18-8-6-7-9-19(18)14-21/h6-9,12-14,20,22-24,26-29H,2-5,10-11,15-17H2,1H3. The van der Waals surface area contributed by atoms with Crippen molar-refractivity contribution < 1.29 is 29.6 Å². The summed E-state index contributed by atoms with van der Waals surface area (Å²) < 4.78 is 10.4. The van der Waals surface area contributed by atoms with Gasteiger partial charge in [-0.25, -0.2) is 0 Å². The number of methoxy groups -OCH3 is 1. The Labute approximate surface area is 200 Å². The normalized spacial score (nSPS) is 23.5. The number of ether oxygens (including phenoxy) is 2. The van der Waals surface area contributed by atoms with E-state index in [9.17, 15) is 20.1 Å². The summed E-state index contributed by atoms with van der Waals surface area (Å²) in [5.74, 6) is 1.000. The molecule has 5 atom stereocenters. The van der Waals surface area contributed by atoms with Crippen LogP contribution in [0.25, 0.3) is 10.8 Å². The molecule has 2 aromatic rings. The van der Waals surface area contributed by atoms with E-state index in [4.69, 9.17) is 4.74 Å². The number of aliphatic hydroxyl groups is 3. The maximum absolute atomic E-state index is 11.2. The largest absolute Gasteiger partial charge is 0.491 e. The third-order valence-electron chi connectivity index (χ3n) is 6.32. The second-order valence-electron chi connectivity index (χ2n) is 8.84. The molecule has 0 radical (unpaired) electrons. The molecule has 1 aliphatic rings. The average molecular weight is 477 g/mol. The van der Waals surface area contributed by atoms with E-state index < -0.39 is 18.3 Å². The first kappa shape index (κ1) is 25.8. The van der Waals surface area contributed by atoms with Crippen LogP contribution in [-0.2, 0) is 9.53 Å². The lowest BCUT2D eigenvalue weighted by Gasteiger charge is -2.24. The predicted molar refractivity (Wildman–Crippen MR) is 132 cm³/mol. The summed E-state index contributed by atoms with van der Waals surface area (Å²) >= 11 is 1.52. The van der Waals surface area contributed by atoms with Crippen LogP contribution in [0.15, 0.2) is 42.5 Å². The van der Waals surface area contributed by atoms with Crippen molar-refractivity contribution in [3.8, 4) is 5.75 Å². The Hall–Kier alpha value is -1.80. The first-order chi connectivity index (χ1) is 16.0. The molecule has 7 heteroatoms. The number of benzene rings is 2. The van der Waals surface area contributed by atoms with E-state index in [0.717, 1.165) is 48.6 Å². The zero-order valence-corrected chi connectivity index (χ0v) is 20.1. The van der Waals surface area contributed by atoms with Crippen LogP contribution < -0.4 is 4.74 Å². The highest BCUT2D eigenvalue weighted by molar-refractivity contribution is 8.00. The lowest BCUT2D eigenvalue weighted by Crippen LogP contribution is -2.28. The first-order valence-electron chi connectivity index (χ1n) is 11.8. The number of rotatable bonds is 13. The Morgan fingerprint density at radius 3 is 2.61 bits per heavy atom. The van der Waals surface area contributed by atoms with Crippen LogP contribution in [0.4, 0.5) is 0 Å². The number of hydrogen-bond acceptors (Lipinski definition) is 7. The number of aliphatic hydroxyl groups excluding tert-OH is 3. The molecule has 3 N–H and O–H groups in total. The molecule has 0 bridgehead atoms. The summed E-state index contributed by atoms with van der Waals surface area (Å²) in [6.07, 6.45) is 3.60. The fourth-order valence-electron chi connectivity index (χ4n) is 4.48. The molecule has 0 aliphatic heterocycles. The van der Waals surface area contributed by atoms with Gasteiger partial charge < -0.3 is 24.8 Å². The molecule has 2 aromatic carbocycles. The Morgan fingerprint density at radius 2 is 1.82 bits per heavy atom. The minimum absolute atomic E-state index is 0.0132. The molecule has 1 fully saturated rings. The van der Waals surface area contributed by atoms with Crippen LogP contribution in [0.3, 0.4) is 0 Å². The lowest BCUT2D eigenvalue weighted by molar-refractivity contribution is -0.140. The van der Waals surface area contributed by atoms with E-state index in [1.54, 1.807) is 0 Å². The first-order valence-corrected chi connectivity index (χ1v) is 12.9. The Morgan fingerprint density at radius 1 is 1.06 bits per heavy atom. The van der Waals surface area contributed by atoms with Gasteiger partial charge >= 0.3 is 5.97 Å². The van der Waals surface area contributed by atoms with Crippen LogP contribution >= 0.6 is 11.8 Å². The molecule has 0 aromatic heterocycles. The van der Waals surface area contributed by atoms with Gasteiger partial charge in [0.15, 0.2) is 0 Å². The molecule has 1 aliphatic carbocycles. The zero-order valence-electron chi connectivity index (χ0n) is 19.3. The molecular formula is C26H36O6S. The SMILES string of the molecule is COC(=O)CCCCCCC1C(O)CC(O)C1SCC(O)COc1ccc2ccccc2c1. The van der Waals surface area contributed by atoms with E-state index >= 15 is 0 Å². The maximum atomic E-state index is 11.2. The fourth-order valence-corrected chi connectivity index (χ4v) is 5.92. The minimum atomic E-state index is -0.662. The number of hydrogen-bond donors (Lipinski definition) is 3. The van der Waals surface area contributed by atoms with E-state index in [2.05, 4.69) is 4.74 Å². The highest BCUT2D eigenvalue weighted by Gasteiger charge is 2.41. The van der Waals surface area contributed by atoms with Crippen LogP contribution in [-0.4, -0.2) is 64.3 Å². The summed E-state index contributed by atoms with van der Waals surface area (Å²) in [4.78, 5) is 11.2. The molecule has 0 spiro atoms. The van der Waals surface area contributed by atoms with Gasteiger partial charge in [-0.05, 0) is 41.7 Å². The quantitative estimate of drug-likeness (QED) is 0.298. The van der Waals surface area contributed by atoms with Gasteiger partial charge in [-0.1, -0.05) is 49.6 Å². The summed E-state index contributed by atoms with van der Waals surface area (Å²) in [6, 6.07) is 13.9. The maximum Gasteiger partial charge on any atom is 0.305 e. The third kappa shape index (κ3) is 7.88. The van der Waals surface area contributed by atoms with Gasteiger partial charge in [0, 0.05) is 23.8 Å². The predicted octanol–water partition coefficient (Wildman–Crippen LogP) is 3.94. The van der Waals surface area contributed by atoms with E-state index in [0.29, 0.717) is 18.6 Å². The Bertz CT molecular complexity index is 875. The van der Waals surface area contributed by atoms with Crippen molar-refractivity contribution in [2.24, 2.45) is 5.92 Å². The van der Waals surface area contributed by atoms with Crippen molar-refractivity contribution in [2.75, 3.05) is 19.5 Å². The smallest absolute Gasteiger partial charge is 0.305 e.